The van der Waals surface area contributed by atoms with Crippen molar-refractivity contribution in [1.29, 1.82) is 0 Å². The Bertz CT molecular complexity index is 756. The summed E-state index contributed by atoms with van der Waals surface area (Å²) in [7, 11) is 0. The van der Waals surface area contributed by atoms with Crippen molar-refractivity contribution >= 4 is 23.1 Å². The van der Waals surface area contributed by atoms with Crippen molar-refractivity contribution in [3.8, 4) is 11.1 Å². The van der Waals surface area contributed by atoms with Gasteiger partial charge in [0.1, 0.15) is 5.15 Å². The summed E-state index contributed by atoms with van der Waals surface area (Å²) < 4.78 is 26.9. The van der Waals surface area contributed by atoms with Crippen molar-refractivity contribution < 1.29 is 13.7 Å². The van der Waals surface area contributed by atoms with Crippen LogP contribution in [0.15, 0.2) is 36.4 Å². The molecule has 2 aromatic rings. The predicted octanol–water partition coefficient (Wildman–Crippen LogP) is 4.16. The summed E-state index contributed by atoms with van der Waals surface area (Å²) in [6.07, 6.45) is -0.362. The molecule has 0 spiro atoms. The van der Waals surface area contributed by atoms with Crippen molar-refractivity contribution in [3.05, 3.63) is 51.7 Å². The van der Waals surface area contributed by atoms with Crippen LogP contribution >= 0.6 is 11.6 Å². The first-order valence-corrected chi connectivity index (χ1v) is 7.28. The zero-order chi connectivity index (χ0) is 16.6. The molecule has 1 saturated heterocycles. The molecule has 5 nitrogen and oxygen atoms in total. The van der Waals surface area contributed by atoms with Gasteiger partial charge in [-0.25, -0.2) is 13.8 Å². The Morgan fingerprint density at radius 3 is 2.57 bits per heavy atom. The molecule has 1 aliphatic rings. The number of hydrogen-bond donors (Lipinski definition) is 0. The van der Waals surface area contributed by atoms with Crippen LogP contribution in [0.2, 0.25) is 5.15 Å². The SMILES string of the molecule is O=[N+]([O-])c1c(-c2ccccc2)cc(Cl)nc1N1CCC(F)(F)C1. The summed E-state index contributed by atoms with van der Waals surface area (Å²) in [6.45, 7) is -0.606. The number of rotatable bonds is 3. The van der Waals surface area contributed by atoms with E-state index in [-0.39, 0.29) is 35.2 Å². The zero-order valence-corrected chi connectivity index (χ0v) is 12.6. The lowest BCUT2D eigenvalue weighted by Crippen LogP contribution is -2.26. The van der Waals surface area contributed by atoms with Crippen LogP contribution in [0.25, 0.3) is 11.1 Å². The molecule has 0 atom stereocenters. The third kappa shape index (κ3) is 3.10. The molecule has 0 saturated carbocycles. The highest BCUT2D eigenvalue weighted by Crippen LogP contribution is 2.41. The second-order valence-corrected chi connectivity index (χ2v) is 5.70. The number of pyridine rings is 1. The molecule has 2 heterocycles. The Balaban J connectivity index is 2.17. The highest BCUT2D eigenvalue weighted by atomic mass is 35.5. The molecule has 0 radical (unpaired) electrons. The van der Waals surface area contributed by atoms with Gasteiger partial charge < -0.3 is 4.90 Å². The third-order valence-electron chi connectivity index (χ3n) is 3.68. The molecule has 8 heteroatoms. The van der Waals surface area contributed by atoms with Crippen molar-refractivity contribution in [2.75, 3.05) is 18.0 Å². The first-order chi connectivity index (χ1) is 10.9. The van der Waals surface area contributed by atoms with Crippen LogP contribution in [0, 0.1) is 10.1 Å². The third-order valence-corrected chi connectivity index (χ3v) is 3.87. The van der Waals surface area contributed by atoms with E-state index in [1.165, 1.54) is 11.0 Å². The van der Waals surface area contributed by atoms with Crippen LogP contribution in [-0.2, 0) is 0 Å². The van der Waals surface area contributed by atoms with Crippen LogP contribution < -0.4 is 4.90 Å². The fourth-order valence-corrected chi connectivity index (χ4v) is 2.84. The second-order valence-electron chi connectivity index (χ2n) is 5.32. The molecule has 23 heavy (non-hydrogen) atoms. The van der Waals surface area contributed by atoms with Crippen LogP contribution in [0.3, 0.4) is 0 Å². The summed E-state index contributed by atoms with van der Waals surface area (Å²) in [5.41, 5.74) is 0.537. The Labute approximate surface area is 135 Å². The quantitative estimate of drug-likeness (QED) is 0.478. The van der Waals surface area contributed by atoms with Crippen molar-refractivity contribution in [3.63, 3.8) is 0 Å². The van der Waals surface area contributed by atoms with Crippen LogP contribution in [0.1, 0.15) is 6.42 Å². The molecule has 0 N–H and O–H groups in total. The van der Waals surface area contributed by atoms with Gasteiger partial charge in [0.05, 0.1) is 17.0 Å². The molecule has 1 aromatic carbocycles. The lowest BCUT2D eigenvalue weighted by molar-refractivity contribution is -0.383. The molecule has 1 fully saturated rings. The zero-order valence-electron chi connectivity index (χ0n) is 11.9. The Hall–Kier alpha value is -2.28. The van der Waals surface area contributed by atoms with E-state index >= 15 is 0 Å². The minimum Gasteiger partial charge on any atom is -0.345 e. The highest BCUT2D eigenvalue weighted by molar-refractivity contribution is 6.30. The summed E-state index contributed by atoms with van der Waals surface area (Å²) in [4.78, 5) is 16.1. The smallest absolute Gasteiger partial charge is 0.319 e. The van der Waals surface area contributed by atoms with Gasteiger partial charge in [0.25, 0.3) is 5.92 Å². The van der Waals surface area contributed by atoms with E-state index in [0.29, 0.717) is 5.56 Å². The van der Waals surface area contributed by atoms with Crippen LogP contribution in [0.4, 0.5) is 20.3 Å². The van der Waals surface area contributed by atoms with E-state index in [4.69, 9.17) is 11.6 Å². The summed E-state index contributed by atoms with van der Waals surface area (Å²) in [6, 6.07) is 10.0. The summed E-state index contributed by atoms with van der Waals surface area (Å²) in [5, 5.41) is 11.6. The van der Waals surface area contributed by atoms with Gasteiger partial charge >= 0.3 is 5.69 Å². The maximum absolute atomic E-state index is 13.5. The summed E-state index contributed by atoms with van der Waals surface area (Å²) in [5.74, 6) is -3.00. The van der Waals surface area contributed by atoms with Gasteiger partial charge in [-0.3, -0.25) is 10.1 Å². The first-order valence-electron chi connectivity index (χ1n) is 6.90. The van der Waals surface area contributed by atoms with Gasteiger partial charge in [0, 0.05) is 13.0 Å². The van der Waals surface area contributed by atoms with E-state index in [2.05, 4.69) is 4.98 Å². The molecule has 1 aromatic heterocycles. The molecule has 0 bridgehead atoms. The molecule has 1 aliphatic heterocycles. The molecular weight excluding hydrogens is 328 g/mol. The van der Waals surface area contributed by atoms with Crippen molar-refractivity contribution in [1.82, 2.24) is 4.98 Å². The van der Waals surface area contributed by atoms with E-state index in [9.17, 15) is 18.9 Å². The van der Waals surface area contributed by atoms with Crippen molar-refractivity contribution in [2.45, 2.75) is 12.3 Å². The number of nitro groups is 1. The van der Waals surface area contributed by atoms with Crippen LogP contribution in [0.5, 0.6) is 0 Å². The lowest BCUT2D eigenvalue weighted by atomic mass is 10.0. The Kier molecular flexibility index (Phi) is 3.89. The minimum atomic E-state index is -2.88. The number of alkyl halides is 2. The van der Waals surface area contributed by atoms with Gasteiger partial charge in [0.2, 0.25) is 5.82 Å². The second kappa shape index (κ2) is 5.73. The summed E-state index contributed by atoms with van der Waals surface area (Å²) >= 11 is 5.98. The van der Waals surface area contributed by atoms with Gasteiger partial charge in [0.15, 0.2) is 0 Å². The number of anilines is 1. The standard InChI is InChI=1S/C15H12ClF2N3O2/c16-12-8-11(10-4-2-1-3-5-10)13(21(22)23)14(19-12)20-7-6-15(17,18)9-20/h1-5,8H,6-7,9H2. The normalized spacial score (nSPS) is 16.6. The maximum Gasteiger partial charge on any atom is 0.319 e. The lowest BCUT2D eigenvalue weighted by Gasteiger charge is -2.18. The van der Waals surface area contributed by atoms with Crippen LogP contribution in [-0.4, -0.2) is 28.9 Å². The maximum atomic E-state index is 13.5. The van der Waals surface area contributed by atoms with Gasteiger partial charge in [-0.05, 0) is 11.6 Å². The molecule has 0 aliphatic carbocycles. The number of halogens is 3. The topological polar surface area (TPSA) is 59.3 Å². The van der Waals surface area contributed by atoms with Crippen molar-refractivity contribution in [2.24, 2.45) is 0 Å². The number of aromatic nitrogens is 1. The Morgan fingerprint density at radius 2 is 2.00 bits per heavy atom. The molecule has 0 amide bonds. The van der Waals surface area contributed by atoms with E-state index in [0.717, 1.165) is 0 Å². The van der Waals surface area contributed by atoms with Gasteiger partial charge in [-0.2, -0.15) is 0 Å². The average Bonchev–Trinajstić information content (AvgIpc) is 2.87. The fraction of sp³-hybridized carbons (Fsp3) is 0.267. The molecular formula is C15H12ClF2N3O2. The van der Waals surface area contributed by atoms with Gasteiger partial charge in [-0.15, -0.1) is 0 Å². The first kappa shape index (κ1) is 15.6. The van der Waals surface area contributed by atoms with E-state index in [1.54, 1.807) is 30.3 Å². The highest BCUT2D eigenvalue weighted by Gasteiger charge is 2.41. The Morgan fingerprint density at radius 1 is 1.30 bits per heavy atom. The molecule has 120 valence electrons. The largest absolute Gasteiger partial charge is 0.345 e. The van der Waals surface area contributed by atoms with E-state index < -0.39 is 17.4 Å². The fourth-order valence-electron chi connectivity index (χ4n) is 2.65. The monoisotopic (exact) mass is 339 g/mol. The predicted molar refractivity (Wildman–Crippen MR) is 83.1 cm³/mol. The molecule has 0 unspecified atom stereocenters. The number of benzene rings is 1. The minimum absolute atomic E-state index is 0.00455. The number of hydrogen-bond acceptors (Lipinski definition) is 4. The van der Waals surface area contributed by atoms with E-state index in [1.807, 2.05) is 0 Å². The number of nitrogens with zero attached hydrogens (tertiary/aromatic N) is 3. The van der Waals surface area contributed by atoms with Gasteiger partial charge in [-0.1, -0.05) is 41.9 Å². The molecule has 3 rings (SSSR count). The average molecular weight is 340 g/mol.